The summed E-state index contributed by atoms with van der Waals surface area (Å²) in [6.07, 6.45) is 8.22. The minimum absolute atomic E-state index is 0.0862. The molecule has 2 rings (SSSR count). The van der Waals surface area contributed by atoms with Gasteiger partial charge in [0.15, 0.2) is 0 Å². The van der Waals surface area contributed by atoms with Crippen LogP contribution in [0.5, 0.6) is 0 Å². The Kier molecular flexibility index (Phi) is 5.25. The van der Waals surface area contributed by atoms with Crippen molar-refractivity contribution in [1.29, 1.82) is 0 Å². The summed E-state index contributed by atoms with van der Waals surface area (Å²) in [6, 6.07) is 4.54. The second kappa shape index (κ2) is 6.73. The number of hydrogen-bond donors (Lipinski definition) is 2. The predicted molar refractivity (Wildman–Crippen MR) is 80.4 cm³/mol. The highest BCUT2D eigenvalue weighted by atomic mass is 32.2. The Balaban J connectivity index is 1.99. The van der Waals surface area contributed by atoms with Gasteiger partial charge >= 0.3 is 0 Å². The van der Waals surface area contributed by atoms with Gasteiger partial charge in [0.1, 0.15) is 0 Å². The SMILES string of the molecule is CC(C)NC1(CO)CCCC(Sc2ccncc2)C1. The summed E-state index contributed by atoms with van der Waals surface area (Å²) in [5.41, 5.74) is -0.0862. The van der Waals surface area contributed by atoms with Crippen LogP contribution >= 0.6 is 11.8 Å². The van der Waals surface area contributed by atoms with Gasteiger partial charge in [0.2, 0.25) is 0 Å². The summed E-state index contributed by atoms with van der Waals surface area (Å²) in [7, 11) is 0. The number of nitrogens with one attached hydrogen (secondary N) is 1. The van der Waals surface area contributed by atoms with Gasteiger partial charge in [-0.15, -0.1) is 11.8 Å². The van der Waals surface area contributed by atoms with Crippen molar-refractivity contribution in [3.05, 3.63) is 24.5 Å². The molecule has 1 aliphatic carbocycles. The molecule has 2 unspecified atom stereocenters. The van der Waals surface area contributed by atoms with E-state index < -0.39 is 0 Å². The smallest absolute Gasteiger partial charge is 0.0613 e. The van der Waals surface area contributed by atoms with E-state index in [1.54, 1.807) is 0 Å². The summed E-state index contributed by atoms with van der Waals surface area (Å²) in [6.45, 7) is 4.53. The van der Waals surface area contributed by atoms with E-state index in [-0.39, 0.29) is 12.1 Å². The van der Waals surface area contributed by atoms with E-state index in [9.17, 15) is 5.11 Å². The third kappa shape index (κ3) is 4.20. The average molecular weight is 280 g/mol. The zero-order valence-electron chi connectivity index (χ0n) is 11.8. The van der Waals surface area contributed by atoms with Crippen LogP contribution in [0, 0.1) is 0 Å². The Morgan fingerprint density at radius 2 is 2.21 bits per heavy atom. The molecule has 0 bridgehead atoms. The van der Waals surface area contributed by atoms with Crippen molar-refractivity contribution in [2.45, 2.75) is 61.3 Å². The molecule has 19 heavy (non-hydrogen) atoms. The first-order chi connectivity index (χ1) is 9.13. The van der Waals surface area contributed by atoms with Crippen LogP contribution in [-0.4, -0.2) is 33.5 Å². The zero-order chi connectivity index (χ0) is 13.7. The minimum atomic E-state index is -0.0862. The number of hydrogen-bond acceptors (Lipinski definition) is 4. The summed E-state index contributed by atoms with van der Waals surface area (Å²) >= 11 is 1.92. The second-order valence-corrected chi connectivity index (χ2v) is 7.13. The van der Waals surface area contributed by atoms with Gasteiger partial charge in [-0.1, -0.05) is 20.3 Å². The predicted octanol–water partition coefficient (Wildman–Crippen LogP) is 2.85. The van der Waals surface area contributed by atoms with Crippen molar-refractivity contribution in [3.8, 4) is 0 Å². The molecule has 1 aromatic heterocycles. The van der Waals surface area contributed by atoms with Gasteiger partial charge in [0, 0.05) is 34.1 Å². The first-order valence-electron chi connectivity index (χ1n) is 7.09. The molecule has 1 fully saturated rings. The van der Waals surface area contributed by atoms with E-state index in [4.69, 9.17) is 0 Å². The highest BCUT2D eigenvalue weighted by Gasteiger charge is 2.36. The lowest BCUT2D eigenvalue weighted by atomic mass is 9.81. The van der Waals surface area contributed by atoms with Gasteiger partial charge in [-0.3, -0.25) is 4.98 Å². The fourth-order valence-corrected chi connectivity index (χ4v) is 4.30. The Labute approximate surface area is 120 Å². The topological polar surface area (TPSA) is 45.1 Å². The molecule has 2 N–H and O–H groups in total. The molecule has 4 heteroatoms. The van der Waals surface area contributed by atoms with Gasteiger partial charge < -0.3 is 10.4 Å². The molecule has 0 spiro atoms. The minimum Gasteiger partial charge on any atom is -0.394 e. The normalized spacial score (nSPS) is 27.7. The van der Waals surface area contributed by atoms with Crippen LogP contribution in [0.3, 0.4) is 0 Å². The first-order valence-corrected chi connectivity index (χ1v) is 7.97. The molecule has 1 aromatic rings. The van der Waals surface area contributed by atoms with Crippen molar-refractivity contribution in [3.63, 3.8) is 0 Å². The van der Waals surface area contributed by atoms with Crippen LogP contribution in [0.15, 0.2) is 29.4 Å². The summed E-state index contributed by atoms with van der Waals surface area (Å²) in [5.74, 6) is 0. The molecule has 0 radical (unpaired) electrons. The van der Waals surface area contributed by atoms with Crippen LogP contribution in [0.25, 0.3) is 0 Å². The molecular formula is C15H24N2OS. The first kappa shape index (κ1) is 14.8. The molecule has 0 amide bonds. The number of aromatic nitrogens is 1. The van der Waals surface area contributed by atoms with Crippen molar-refractivity contribution < 1.29 is 5.11 Å². The monoisotopic (exact) mass is 280 g/mol. The molecule has 1 heterocycles. The Morgan fingerprint density at radius 1 is 1.47 bits per heavy atom. The Morgan fingerprint density at radius 3 is 2.84 bits per heavy atom. The molecule has 1 saturated carbocycles. The van der Waals surface area contributed by atoms with Gasteiger partial charge in [-0.25, -0.2) is 0 Å². The fourth-order valence-electron chi connectivity index (χ4n) is 2.95. The molecule has 3 nitrogen and oxygen atoms in total. The molecular weight excluding hydrogens is 256 g/mol. The molecule has 0 saturated heterocycles. The fraction of sp³-hybridized carbons (Fsp3) is 0.667. The molecule has 2 atom stereocenters. The molecule has 0 aromatic carbocycles. The summed E-state index contributed by atoms with van der Waals surface area (Å²) < 4.78 is 0. The largest absolute Gasteiger partial charge is 0.394 e. The van der Waals surface area contributed by atoms with E-state index in [0.717, 1.165) is 12.8 Å². The number of pyridine rings is 1. The van der Waals surface area contributed by atoms with Crippen LogP contribution < -0.4 is 5.32 Å². The van der Waals surface area contributed by atoms with Gasteiger partial charge in [-0.2, -0.15) is 0 Å². The molecule has 0 aliphatic heterocycles. The zero-order valence-corrected chi connectivity index (χ0v) is 12.6. The highest BCUT2D eigenvalue weighted by Crippen LogP contribution is 2.38. The molecule has 106 valence electrons. The van der Waals surface area contributed by atoms with Crippen LogP contribution in [-0.2, 0) is 0 Å². The van der Waals surface area contributed by atoms with Gasteiger partial charge in [0.05, 0.1) is 6.61 Å². The Hall–Kier alpha value is -0.580. The van der Waals surface area contributed by atoms with Crippen molar-refractivity contribution >= 4 is 11.8 Å². The average Bonchev–Trinajstić information content (AvgIpc) is 2.39. The van der Waals surface area contributed by atoms with Crippen molar-refractivity contribution in [2.75, 3.05) is 6.61 Å². The number of nitrogens with zero attached hydrogens (tertiary/aromatic N) is 1. The van der Waals surface area contributed by atoms with Crippen molar-refractivity contribution in [2.24, 2.45) is 0 Å². The quantitative estimate of drug-likeness (QED) is 0.870. The Bertz CT molecular complexity index is 385. The maximum atomic E-state index is 9.79. The standard InChI is InChI=1S/C15H24N2OS/c1-12(2)17-15(11-18)7-3-4-14(10-15)19-13-5-8-16-9-6-13/h5-6,8-9,12,14,17-18H,3-4,7,10-11H2,1-2H3. The van der Waals surface area contributed by atoms with Gasteiger partial charge in [0.25, 0.3) is 0 Å². The van der Waals surface area contributed by atoms with E-state index in [0.29, 0.717) is 11.3 Å². The van der Waals surface area contributed by atoms with Crippen LogP contribution in [0.1, 0.15) is 39.5 Å². The van der Waals surface area contributed by atoms with Gasteiger partial charge in [-0.05, 0) is 31.4 Å². The molecule has 1 aliphatic rings. The lowest BCUT2D eigenvalue weighted by Gasteiger charge is -2.41. The van der Waals surface area contributed by atoms with E-state index >= 15 is 0 Å². The van der Waals surface area contributed by atoms with E-state index in [1.807, 2.05) is 24.2 Å². The van der Waals surface area contributed by atoms with Crippen LogP contribution in [0.4, 0.5) is 0 Å². The third-order valence-corrected chi connectivity index (χ3v) is 4.93. The summed E-state index contributed by atoms with van der Waals surface area (Å²) in [4.78, 5) is 5.33. The maximum Gasteiger partial charge on any atom is 0.0613 e. The van der Waals surface area contributed by atoms with Crippen LogP contribution in [0.2, 0.25) is 0 Å². The number of aliphatic hydroxyl groups is 1. The van der Waals surface area contributed by atoms with Crippen molar-refractivity contribution in [1.82, 2.24) is 10.3 Å². The second-order valence-electron chi connectivity index (χ2n) is 5.76. The lowest BCUT2D eigenvalue weighted by Crippen LogP contribution is -2.54. The van der Waals surface area contributed by atoms with E-state index in [1.165, 1.54) is 17.7 Å². The highest BCUT2D eigenvalue weighted by molar-refractivity contribution is 8.00. The number of rotatable bonds is 5. The lowest BCUT2D eigenvalue weighted by molar-refractivity contribution is 0.115. The number of aliphatic hydroxyl groups excluding tert-OH is 1. The third-order valence-electron chi connectivity index (χ3n) is 3.65. The number of thioether (sulfide) groups is 1. The summed E-state index contributed by atoms with van der Waals surface area (Å²) in [5, 5.41) is 14.0. The van der Waals surface area contributed by atoms with E-state index in [2.05, 4.69) is 36.3 Å². The maximum absolute atomic E-state index is 9.79.